The Balaban J connectivity index is 2.74. The summed E-state index contributed by atoms with van der Waals surface area (Å²) >= 11 is 0. The normalized spacial score (nSPS) is 12.2. The van der Waals surface area contributed by atoms with Gasteiger partial charge >= 0.3 is 5.97 Å². The Morgan fingerprint density at radius 3 is 2.29 bits per heavy atom. The van der Waals surface area contributed by atoms with Crippen LogP contribution in [0.1, 0.15) is 27.4 Å². The fourth-order valence-electron chi connectivity index (χ4n) is 1.49. The number of carbonyl (C=O) groups excluding carboxylic acids is 1. The lowest BCUT2D eigenvalue weighted by Crippen LogP contribution is -2.36. The van der Waals surface area contributed by atoms with E-state index in [1.165, 1.54) is 0 Å². The maximum Gasteiger partial charge on any atom is 0.334 e. The van der Waals surface area contributed by atoms with Crippen LogP contribution < -0.4 is 5.32 Å². The molecule has 0 aliphatic carbocycles. The summed E-state index contributed by atoms with van der Waals surface area (Å²) in [5.74, 6) is -0.701. The molecule has 17 heavy (non-hydrogen) atoms. The largest absolute Gasteiger partial charge is 0.479 e. The second-order valence-corrected chi connectivity index (χ2v) is 3.78. The summed E-state index contributed by atoms with van der Waals surface area (Å²) in [7, 11) is 0. The topological polar surface area (TPSA) is 99.8 Å². The first-order valence-corrected chi connectivity index (χ1v) is 5.10. The third-order valence-corrected chi connectivity index (χ3v) is 2.53. The minimum absolute atomic E-state index is 0.336. The summed E-state index contributed by atoms with van der Waals surface area (Å²) < 4.78 is 5.28. The predicted molar refractivity (Wildman–Crippen MR) is 58.9 cm³/mol. The molecule has 0 aromatic carbocycles. The smallest absolute Gasteiger partial charge is 0.334 e. The lowest BCUT2D eigenvalue weighted by molar-refractivity contribution is -0.146. The summed E-state index contributed by atoms with van der Waals surface area (Å²) in [6.07, 6.45) is -1.60. The van der Waals surface area contributed by atoms with Gasteiger partial charge in [0, 0.05) is 5.56 Å². The van der Waals surface area contributed by atoms with Crippen molar-refractivity contribution in [2.75, 3.05) is 6.54 Å². The molecule has 1 aromatic rings. The van der Waals surface area contributed by atoms with E-state index in [9.17, 15) is 9.59 Å². The van der Waals surface area contributed by atoms with Crippen molar-refractivity contribution in [3.05, 3.63) is 22.6 Å². The van der Waals surface area contributed by atoms with Gasteiger partial charge in [0.25, 0.3) is 5.91 Å². The minimum Gasteiger partial charge on any atom is -0.479 e. The highest BCUT2D eigenvalue weighted by Crippen LogP contribution is 2.20. The fourth-order valence-corrected chi connectivity index (χ4v) is 1.49. The highest BCUT2D eigenvalue weighted by Gasteiger charge is 2.20. The van der Waals surface area contributed by atoms with E-state index in [0.29, 0.717) is 22.6 Å². The summed E-state index contributed by atoms with van der Waals surface area (Å²) in [5.41, 5.74) is 1.10. The molecule has 1 atom stereocenters. The molecule has 0 spiro atoms. The van der Waals surface area contributed by atoms with Gasteiger partial charge in [-0.05, 0) is 20.8 Å². The Morgan fingerprint density at radius 2 is 1.88 bits per heavy atom. The third kappa shape index (κ3) is 2.85. The van der Waals surface area contributed by atoms with Gasteiger partial charge < -0.3 is 19.9 Å². The van der Waals surface area contributed by atoms with Gasteiger partial charge in [0.05, 0.1) is 12.1 Å². The van der Waals surface area contributed by atoms with E-state index >= 15 is 0 Å². The predicted octanol–water partition coefficient (Wildman–Crippen LogP) is 0.380. The lowest BCUT2D eigenvalue weighted by Gasteiger charge is -2.07. The third-order valence-electron chi connectivity index (χ3n) is 2.53. The molecule has 0 saturated heterocycles. The van der Waals surface area contributed by atoms with Gasteiger partial charge in [-0.25, -0.2) is 4.79 Å². The van der Waals surface area contributed by atoms with E-state index in [1.807, 2.05) is 0 Å². The minimum atomic E-state index is -1.60. The van der Waals surface area contributed by atoms with Crippen LogP contribution in [-0.2, 0) is 4.79 Å². The van der Waals surface area contributed by atoms with Gasteiger partial charge in [-0.1, -0.05) is 0 Å². The summed E-state index contributed by atoms with van der Waals surface area (Å²) in [4.78, 5) is 22.1. The lowest BCUT2D eigenvalue weighted by atomic mass is 10.1. The van der Waals surface area contributed by atoms with Crippen molar-refractivity contribution in [1.82, 2.24) is 5.32 Å². The van der Waals surface area contributed by atoms with Gasteiger partial charge in [-0.3, -0.25) is 4.79 Å². The number of rotatable bonds is 4. The molecule has 1 rings (SSSR count). The van der Waals surface area contributed by atoms with E-state index < -0.39 is 18.0 Å². The van der Waals surface area contributed by atoms with Crippen LogP contribution in [0.5, 0.6) is 0 Å². The van der Waals surface area contributed by atoms with Crippen LogP contribution >= 0.6 is 0 Å². The number of aliphatic hydroxyl groups is 1. The zero-order valence-electron chi connectivity index (χ0n) is 9.90. The van der Waals surface area contributed by atoms with Crippen molar-refractivity contribution in [2.24, 2.45) is 0 Å². The van der Waals surface area contributed by atoms with E-state index in [4.69, 9.17) is 14.6 Å². The van der Waals surface area contributed by atoms with E-state index in [1.54, 1.807) is 20.8 Å². The van der Waals surface area contributed by atoms with Crippen LogP contribution in [0.25, 0.3) is 0 Å². The summed E-state index contributed by atoms with van der Waals surface area (Å²) in [6, 6.07) is 0. The molecule has 6 heteroatoms. The van der Waals surface area contributed by atoms with Gasteiger partial charge in [-0.15, -0.1) is 0 Å². The van der Waals surface area contributed by atoms with Gasteiger partial charge in [0.1, 0.15) is 11.5 Å². The quantitative estimate of drug-likeness (QED) is 0.707. The van der Waals surface area contributed by atoms with Crippen LogP contribution in [-0.4, -0.2) is 34.7 Å². The monoisotopic (exact) mass is 241 g/mol. The number of aliphatic carboxylic acids is 1. The first kappa shape index (κ1) is 13.2. The van der Waals surface area contributed by atoms with Gasteiger partial charge in [-0.2, -0.15) is 0 Å². The molecule has 0 unspecified atom stereocenters. The van der Waals surface area contributed by atoms with Crippen molar-refractivity contribution in [1.29, 1.82) is 0 Å². The number of aliphatic hydroxyl groups excluding tert-OH is 1. The second kappa shape index (κ2) is 5.01. The molecule has 94 valence electrons. The van der Waals surface area contributed by atoms with E-state index in [-0.39, 0.29) is 6.54 Å². The van der Waals surface area contributed by atoms with Crippen LogP contribution in [0.2, 0.25) is 0 Å². The zero-order valence-corrected chi connectivity index (χ0v) is 9.90. The number of carboxylic acid groups (broad SMARTS) is 1. The van der Waals surface area contributed by atoms with Crippen molar-refractivity contribution in [3.63, 3.8) is 0 Å². The Bertz CT molecular complexity index is 449. The first-order chi connectivity index (χ1) is 7.84. The highest BCUT2D eigenvalue weighted by atomic mass is 16.4. The Kier molecular flexibility index (Phi) is 3.90. The van der Waals surface area contributed by atoms with Crippen molar-refractivity contribution in [2.45, 2.75) is 26.9 Å². The fraction of sp³-hybridized carbons (Fsp3) is 0.455. The Morgan fingerprint density at radius 1 is 1.29 bits per heavy atom. The van der Waals surface area contributed by atoms with Crippen molar-refractivity contribution >= 4 is 11.9 Å². The maximum atomic E-state index is 11.8. The molecular formula is C11H15NO5. The average Bonchev–Trinajstić information content (AvgIpc) is 2.49. The number of aryl methyl sites for hydroxylation is 2. The van der Waals surface area contributed by atoms with Gasteiger partial charge in [0.15, 0.2) is 6.10 Å². The standard InChI is InChI=1S/C11H15NO5/c1-5-6(2)17-7(3)9(5)10(14)12-4-8(13)11(15)16/h8,13H,4H2,1-3H3,(H,12,14)(H,15,16)/t8-/m0/s1. The number of hydrogen-bond donors (Lipinski definition) is 3. The summed E-state index contributed by atoms with van der Waals surface area (Å²) in [6.45, 7) is 4.80. The zero-order chi connectivity index (χ0) is 13.2. The molecule has 0 bridgehead atoms. The number of nitrogens with one attached hydrogen (secondary N) is 1. The molecule has 6 nitrogen and oxygen atoms in total. The van der Waals surface area contributed by atoms with Crippen LogP contribution in [0, 0.1) is 20.8 Å². The average molecular weight is 241 g/mol. The van der Waals surface area contributed by atoms with E-state index in [0.717, 1.165) is 0 Å². The highest BCUT2D eigenvalue weighted by molar-refractivity contribution is 5.97. The number of furan rings is 1. The molecule has 0 saturated carbocycles. The summed E-state index contributed by atoms with van der Waals surface area (Å²) in [5, 5.41) is 19.8. The number of carbonyl (C=O) groups is 2. The van der Waals surface area contributed by atoms with Crippen molar-refractivity contribution in [3.8, 4) is 0 Å². The van der Waals surface area contributed by atoms with Crippen molar-refractivity contribution < 1.29 is 24.2 Å². The Labute approximate surface area is 98.2 Å². The molecule has 0 aliphatic heterocycles. The van der Waals surface area contributed by atoms with E-state index in [2.05, 4.69) is 5.32 Å². The molecule has 3 N–H and O–H groups in total. The van der Waals surface area contributed by atoms with Crippen LogP contribution in [0.3, 0.4) is 0 Å². The maximum absolute atomic E-state index is 11.8. The molecular weight excluding hydrogens is 226 g/mol. The number of hydrogen-bond acceptors (Lipinski definition) is 4. The SMILES string of the molecule is Cc1oc(C)c(C(=O)NC[C@H](O)C(=O)O)c1C. The number of amides is 1. The molecule has 0 radical (unpaired) electrons. The molecule has 1 aromatic heterocycles. The first-order valence-electron chi connectivity index (χ1n) is 5.10. The molecule has 1 amide bonds. The van der Waals surface area contributed by atoms with Crippen LogP contribution in [0.4, 0.5) is 0 Å². The van der Waals surface area contributed by atoms with Gasteiger partial charge in [0.2, 0.25) is 0 Å². The second-order valence-electron chi connectivity index (χ2n) is 3.78. The van der Waals surface area contributed by atoms with Crippen LogP contribution in [0.15, 0.2) is 4.42 Å². The Hall–Kier alpha value is -1.82. The molecule has 0 aliphatic rings. The molecule has 0 fully saturated rings. The molecule has 1 heterocycles. The number of carboxylic acids is 1.